The minimum absolute atomic E-state index is 0.101. The van der Waals surface area contributed by atoms with Crippen molar-refractivity contribution in [3.8, 4) is 0 Å². The lowest BCUT2D eigenvalue weighted by atomic mass is 10.0. The highest BCUT2D eigenvalue weighted by Crippen LogP contribution is 2.22. The molecule has 1 aliphatic rings. The maximum atomic E-state index is 13.7. The largest absolute Gasteiger partial charge is 0.350 e. The van der Waals surface area contributed by atoms with Crippen LogP contribution in [0.2, 0.25) is 0 Å². The van der Waals surface area contributed by atoms with Gasteiger partial charge in [-0.3, -0.25) is 9.59 Å². The van der Waals surface area contributed by atoms with E-state index in [0.29, 0.717) is 23.4 Å². The monoisotopic (exact) mass is 346 g/mol. The molecule has 2 aromatic rings. The third-order valence-corrected chi connectivity index (χ3v) is 5.07. The van der Waals surface area contributed by atoms with Crippen molar-refractivity contribution in [3.05, 3.63) is 58.0 Å². The molecular weight excluding hydrogens is 327 g/mol. The summed E-state index contributed by atoms with van der Waals surface area (Å²) in [6.45, 7) is 0.706. The number of thiophene rings is 1. The first-order valence-electron chi connectivity index (χ1n) is 8.02. The first-order chi connectivity index (χ1) is 11.7. The fourth-order valence-corrected chi connectivity index (χ4v) is 3.61. The summed E-state index contributed by atoms with van der Waals surface area (Å²) in [5.74, 6) is -0.661. The second-order valence-corrected chi connectivity index (χ2v) is 6.74. The third kappa shape index (κ3) is 3.64. The van der Waals surface area contributed by atoms with Gasteiger partial charge in [-0.2, -0.15) is 0 Å². The van der Waals surface area contributed by atoms with Gasteiger partial charge in [-0.05, 0) is 36.8 Å². The van der Waals surface area contributed by atoms with E-state index in [0.717, 1.165) is 12.8 Å². The van der Waals surface area contributed by atoms with Crippen molar-refractivity contribution < 1.29 is 14.0 Å². The molecule has 1 aliphatic heterocycles. The van der Waals surface area contributed by atoms with Gasteiger partial charge in [-0.25, -0.2) is 4.39 Å². The van der Waals surface area contributed by atoms with Crippen LogP contribution in [-0.4, -0.2) is 29.3 Å². The summed E-state index contributed by atoms with van der Waals surface area (Å²) in [5.41, 5.74) is 0.442. The highest BCUT2D eigenvalue weighted by molar-refractivity contribution is 7.12. The Morgan fingerprint density at radius 1 is 1.21 bits per heavy atom. The molecule has 6 heteroatoms. The molecule has 1 N–H and O–H groups in total. The number of carbonyl (C=O) groups excluding carboxylic acids is 2. The first kappa shape index (κ1) is 16.6. The van der Waals surface area contributed by atoms with Crippen molar-refractivity contribution in [1.82, 2.24) is 10.2 Å². The van der Waals surface area contributed by atoms with E-state index in [-0.39, 0.29) is 24.2 Å². The van der Waals surface area contributed by atoms with Gasteiger partial charge in [0.2, 0.25) is 5.91 Å². The van der Waals surface area contributed by atoms with Crippen LogP contribution >= 0.6 is 11.3 Å². The van der Waals surface area contributed by atoms with E-state index in [2.05, 4.69) is 5.32 Å². The van der Waals surface area contributed by atoms with Crippen LogP contribution in [-0.2, 0) is 11.3 Å². The van der Waals surface area contributed by atoms with Crippen molar-refractivity contribution in [2.45, 2.75) is 31.8 Å². The Labute approximate surface area is 144 Å². The van der Waals surface area contributed by atoms with Crippen LogP contribution in [0.5, 0.6) is 0 Å². The Morgan fingerprint density at radius 3 is 2.79 bits per heavy atom. The van der Waals surface area contributed by atoms with E-state index in [1.54, 1.807) is 29.2 Å². The molecule has 126 valence electrons. The Morgan fingerprint density at radius 2 is 2.04 bits per heavy atom. The van der Waals surface area contributed by atoms with Crippen molar-refractivity contribution >= 4 is 23.2 Å². The lowest BCUT2D eigenvalue weighted by Crippen LogP contribution is -2.51. The van der Waals surface area contributed by atoms with E-state index < -0.39 is 6.04 Å². The molecule has 0 saturated carbocycles. The lowest BCUT2D eigenvalue weighted by molar-refractivity contribution is -0.126. The standard InChI is InChI=1S/C18H19FN2O2S/c19-14-7-2-1-6-13(14)12-20-17(22)15-8-3-4-10-21(15)18(23)16-9-5-11-24-16/h1-2,5-7,9,11,15H,3-4,8,10,12H2,(H,20,22). The topological polar surface area (TPSA) is 49.4 Å². The molecule has 1 saturated heterocycles. The van der Waals surface area contributed by atoms with Crippen molar-refractivity contribution in [1.29, 1.82) is 0 Å². The number of benzene rings is 1. The van der Waals surface area contributed by atoms with Gasteiger partial charge in [0.1, 0.15) is 11.9 Å². The number of carbonyl (C=O) groups is 2. The summed E-state index contributed by atoms with van der Waals surface area (Å²) in [5, 5.41) is 4.62. The number of nitrogens with zero attached hydrogens (tertiary/aromatic N) is 1. The number of rotatable bonds is 4. The minimum Gasteiger partial charge on any atom is -0.350 e. The molecule has 2 amide bonds. The van der Waals surface area contributed by atoms with Crippen LogP contribution in [0.3, 0.4) is 0 Å². The second kappa shape index (κ2) is 7.57. The summed E-state index contributed by atoms with van der Waals surface area (Å²) in [6, 6.07) is 9.48. The molecule has 1 fully saturated rings. The zero-order chi connectivity index (χ0) is 16.9. The van der Waals surface area contributed by atoms with Gasteiger partial charge in [0.05, 0.1) is 4.88 Å². The molecule has 3 rings (SSSR count). The molecule has 1 aromatic heterocycles. The summed E-state index contributed by atoms with van der Waals surface area (Å²) in [6.07, 6.45) is 2.44. The van der Waals surface area contributed by atoms with Gasteiger partial charge in [0.25, 0.3) is 5.91 Å². The second-order valence-electron chi connectivity index (χ2n) is 5.80. The Hall–Kier alpha value is -2.21. The van der Waals surface area contributed by atoms with Crippen molar-refractivity contribution in [3.63, 3.8) is 0 Å². The van der Waals surface area contributed by atoms with Crippen LogP contribution in [0.25, 0.3) is 0 Å². The fourth-order valence-electron chi connectivity index (χ4n) is 2.93. The van der Waals surface area contributed by atoms with Crippen LogP contribution in [0.4, 0.5) is 4.39 Å². The molecule has 2 heterocycles. The zero-order valence-corrected chi connectivity index (χ0v) is 14.0. The molecule has 1 atom stereocenters. The van der Waals surface area contributed by atoms with E-state index in [9.17, 15) is 14.0 Å². The highest BCUT2D eigenvalue weighted by atomic mass is 32.1. The van der Waals surface area contributed by atoms with Crippen LogP contribution in [0, 0.1) is 5.82 Å². The molecule has 4 nitrogen and oxygen atoms in total. The number of hydrogen-bond donors (Lipinski definition) is 1. The van der Waals surface area contributed by atoms with Crippen LogP contribution in [0.1, 0.15) is 34.5 Å². The maximum absolute atomic E-state index is 13.7. The number of nitrogens with one attached hydrogen (secondary N) is 1. The Bertz CT molecular complexity index is 718. The van der Waals surface area contributed by atoms with Crippen LogP contribution in [0.15, 0.2) is 41.8 Å². The average molecular weight is 346 g/mol. The number of amides is 2. The van der Waals surface area contributed by atoms with E-state index in [1.807, 2.05) is 11.4 Å². The van der Waals surface area contributed by atoms with Gasteiger partial charge in [0.15, 0.2) is 0 Å². The molecule has 0 aliphatic carbocycles. The van der Waals surface area contributed by atoms with Gasteiger partial charge < -0.3 is 10.2 Å². The summed E-state index contributed by atoms with van der Waals surface area (Å²) in [7, 11) is 0. The normalized spacial score (nSPS) is 17.5. The Kier molecular flexibility index (Phi) is 5.25. The minimum atomic E-state index is -0.486. The number of piperidine rings is 1. The van der Waals surface area contributed by atoms with E-state index in [4.69, 9.17) is 0 Å². The fraction of sp³-hybridized carbons (Fsp3) is 0.333. The average Bonchev–Trinajstić information content (AvgIpc) is 3.15. The molecule has 0 radical (unpaired) electrons. The molecule has 1 aromatic carbocycles. The first-order valence-corrected chi connectivity index (χ1v) is 8.90. The van der Waals surface area contributed by atoms with Gasteiger partial charge in [-0.1, -0.05) is 24.3 Å². The number of hydrogen-bond acceptors (Lipinski definition) is 3. The molecule has 0 bridgehead atoms. The van der Waals surface area contributed by atoms with E-state index >= 15 is 0 Å². The van der Waals surface area contributed by atoms with Gasteiger partial charge in [0, 0.05) is 18.7 Å². The van der Waals surface area contributed by atoms with Gasteiger partial charge >= 0.3 is 0 Å². The summed E-state index contributed by atoms with van der Waals surface area (Å²) >= 11 is 1.38. The quantitative estimate of drug-likeness (QED) is 0.924. The van der Waals surface area contributed by atoms with Crippen molar-refractivity contribution in [2.75, 3.05) is 6.54 Å². The number of likely N-dealkylation sites (tertiary alicyclic amines) is 1. The number of halogens is 1. The zero-order valence-electron chi connectivity index (χ0n) is 13.2. The van der Waals surface area contributed by atoms with E-state index in [1.165, 1.54) is 17.4 Å². The van der Waals surface area contributed by atoms with Gasteiger partial charge in [-0.15, -0.1) is 11.3 Å². The predicted octanol–water partition coefficient (Wildman–Crippen LogP) is 3.20. The Balaban J connectivity index is 1.67. The summed E-state index contributed by atoms with van der Waals surface area (Å²) in [4.78, 5) is 27.4. The molecule has 24 heavy (non-hydrogen) atoms. The molecular formula is C18H19FN2O2S. The molecule has 0 spiro atoms. The summed E-state index contributed by atoms with van der Waals surface area (Å²) < 4.78 is 13.7. The third-order valence-electron chi connectivity index (χ3n) is 4.21. The van der Waals surface area contributed by atoms with Crippen LogP contribution < -0.4 is 5.32 Å². The molecule has 1 unspecified atom stereocenters. The predicted molar refractivity (Wildman–Crippen MR) is 91.2 cm³/mol. The lowest BCUT2D eigenvalue weighted by Gasteiger charge is -2.34. The maximum Gasteiger partial charge on any atom is 0.264 e. The smallest absolute Gasteiger partial charge is 0.264 e. The SMILES string of the molecule is O=C(NCc1ccccc1F)C1CCCCN1C(=O)c1cccs1. The highest BCUT2D eigenvalue weighted by Gasteiger charge is 2.32. The van der Waals surface area contributed by atoms with Crippen molar-refractivity contribution in [2.24, 2.45) is 0 Å².